The van der Waals surface area contributed by atoms with Crippen LogP contribution in [0.2, 0.25) is 0 Å². The van der Waals surface area contributed by atoms with E-state index in [1.165, 1.54) is 29.2 Å². The number of halogens is 1. The van der Waals surface area contributed by atoms with Crippen molar-refractivity contribution >= 4 is 17.4 Å². The number of carbonyl (C=O) groups excluding carboxylic acids is 2. The average molecular weight is 395 g/mol. The molecule has 2 atom stereocenters. The predicted molar refractivity (Wildman–Crippen MR) is 106 cm³/mol. The van der Waals surface area contributed by atoms with Crippen LogP contribution in [0.25, 0.3) is 5.76 Å². The number of aryl methyl sites for hydroxylation is 1. The fraction of sp³-hybridized carbons (Fsp3) is 0.304. The van der Waals surface area contributed by atoms with Gasteiger partial charge >= 0.3 is 0 Å². The molecule has 0 saturated carbocycles. The van der Waals surface area contributed by atoms with Gasteiger partial charge in [0.15, 0.2) is 0 Å². The summed E-state index contributed by atoms with van der Waals surface area (Å²) in [6, 6.07) is 12.0. The summed E-state index contributed by atoms with van der Waals surface area (Å²) >= 11 is 0. The SMILES string of the molecule is Cc1ccc(C2C(=C(O)c3ccc(F)cc3)C(=O)C(=O)N2CC2CCCO2)cc1. The topological polar surface area (TPSA) is 66.8 Å². The molecule has 150 valence electrons. The van der Waals surface area contributed by atoms with E-state index in [-0.39, 0.29) is 24.0 Å². The zero-order valence-corrected chi connectivity index (χ0v) is 16.1. The number of ketones is 1. The van der Waals surface area contributed by atoms with E-state index in [1.54, 1.807) is 0 Å². The van der Waals surface area contributed by atoms with Crippen molar-refractivity contribution < 1.29 is 23.8 Å². The van der Waals surface area contributed by atoms with E-state index < -0.39 is 23.5 Å². The Labute approximate surface area is 168 Å². The highest BCUT2D eigenvalue weighted by Crippen LogP contribution is 2.40. The molecule has 6 heteroatoms. The Hall–Kier alpha value is -2.99. The molecule has 2 aromatic carbocycles. The first-order chi connectivity index (χ1) is 14.0. The number of carbonyl (C=O) groups is 2. The van der Waals surface area contributed by atoms with Crippen LogP contribution in [0.3, 0.4) is 0 Å². The van der Waals surface area contributed by atoms with Crippen molar-refractivity contribution in [2.24, 2.45) is 0 Å². The summed E-state index contributed by atoms with van der Waals surface area (Å²) in [5.41, 5.74) is 2.09. The maximum atomic E-state index is 13.3. The molecule has 4 rings (SSSR count). The zero-order valence-electron chi connectivity index (χ0n) is 16.1. The number of likely N-dealkylation sites (tertiary alicyclic amines) is 1. The monoisotopic (exact) mass is 395 g/mol. The summed E-state index contributed by atoms with van der Waals surface area (Å²) in [6.45, 7) is 2.87. The fourth-order valence-electron chi connectivity index (χ4n) is 3.93. The molecular formula is C23H22FNO4. The van der Waals surface area contributed by atoms with Crippen molar-refractivity contribution in [3.63, 3.8) is 0 Å². The van der Waals surface area contributed by atoms with E-state index in [4.69, 9.17) is 4.74 Å². The molecule has 0 spiro atoms. The summed E-state index contributed by atoms with van der Waals surface area (Å²) in [7, 11) is 0. The van der Waals surface area contributed by atoms with E-state index in [0.29, 0.717) is 12.2 Å². The van der Waals surface area contributed by atoms with Gasteiger partial charge in [0, 0.05) is 18.7 Å². The van der Waals surface area contributed by atoms with Gasteiger partial charge in [-0.2, -0.15) is 0 Å². The van der Waals surface area contributed by atoms with Crippen molar-refractivity contribution in [1.82, 2.24) is 4.90 Å². The first-order valence-electron chi connectivity index (χ1n) is 9.68. The molecule has 29 heavy (non-hydrogen) atoms. The molecule has 2 unspecified atom stereocenters. The number of ether oxygens (including phenoxy) is 1. The Morgan fingerprint density at radius 1 is 1.14 bits per heavy atom. The van der Waals surface area contributed by atoms with Gasteiger partial charge in [0.2, 0.25) is 0 Å². The summed E-state index contributed by atoms with van der Waals surface area (Å²) in [6.07, 6.45) is 1.60. The number of hydrogen-bond acceptors (Lipinski definition) is 4. The van der Waals surface area contributed by atoms with Crippen LogP contribution in [0.1, 0.15) is 35.6 Å². The van der Waals surface area contributed by atoms with E-state index in [9.17, 15) is 19.1 Å². The van der Waals surface area contributed by atoms with E-state index in [0.717, 1.165) is 24.0 Å². The quantitative estimate of drug-likeness (QED) is 0.487. The molecule has 2 fully saturated rings. The van der Waals surface area contributed by atoms with Crippen LogP contribution >= 0.6 is 0 Å². The van der Waals surface area contributed by atoms with Gasteiger partial charge < -0.3 is 14.7 Å². The second-order valence-corrected chi connectivity index (χ2v) is 7.50. The van der Waals surface area contributed by atoms with Crippen molar-refractivity contribution in [2.45, 2.75) is 31.9 Å². The number of nitrogens with zero attached hydrogens (tertiary/aromatic N) is 1. The molecule has 2 heterocycles. The Balaban J connectivity index is 1.81. The standard InChI is InChI=1S/C23H22FNO4/c1-14-4-6-15(7-5-14)20-19(21(26)16-8-10-17(24)11-9-16)22(27)23(28)25(20)13-18-3-2-12-29-18/h4-11,18,20,26H,2-3,12-13H2,1H3. The predicted octanol–water partition coefficient (Wildman–Crippen LogP) is 3.73. The Kier molecular flexibility index (Phi) is 5.20. The van der Waals surface area contributed by atoms with Gasteiger partial charge in [-0.1, -0.05) is 29.8 Å². The molecule has 5 nitrogen and oxygen atoms in total. The molecular weight excluding hydrogens is 373 g/mol. The minimum Gasteiger partial charge on any atom is -0.507 e. The lowest BCUT2D eigenvalue weighted by Gasteiger charge is -2.27. The molecule has 0 radical (unpaired) electrons. The minimum atomic E-state index is -0.740. The smallest absolute Gasteiger partial charge is 0.295 e. The average Bonchev–Trinajstić information content (AvgIpc) is 3.31. The number of Topliss-reactive ketones (excluding diaryl/α,β-unsaturated/α-hetero) is 1. The second-order valence-electron chi connectivity index (χ2n) is 7.50. The van der Waals surface area contributed by atoms with Gasteiger partial charge in [0.05, 0.1) is 17.7 Å². The van der Waals surface area contributed by atoms with Gasteiger partial charge in [0.1, 0.15) is 11.6 Å². The third kappa shape index (κ3) is 3.68. The highest BCUT2D eigenvalue weighted by molar-refractivity contribution is 6.46. The lowest BCUT2D eigenvalue weighted by atomic mass is 9.94. The molecule has 0 aliphatic carbocycles. The molecule has 2 aliphatic heterocycles. The summed E-state index contributed by atoms with van der Waals surface area (Å²) < 4.78 is 19.0. The van der Waals surface area contributed by atoms with Crippen molar-refractivity contribution in [3.8, 4) is 0 Å². The van der Waals surface area contributed by atoms with Crippen LogP contribution < -0.4 is 0 Å². The number of hydrogen-bond donors (Lipinski definition) is 1. The Morgan fingerprint density at radius 2 is 1.83 bits per heavy atom. The second kappa shape index (κ2) is 7.79. The third-order valence-corrected chi connectivity index (χ3v) is 5.48. The van der Waals surface area contributed by atoms with Crippen LogP contribution in [0.4, 0.5) is 4.39 Å². The summed E-state index contributed by atoms with van der Waals surface area (Å²) in [5.74, 6) is -2.15. The largest absolute Gasteiger partial charge is 0.507 e. The van der Waals surface area contributed by atoms with Crippen molar-refractivity contribution in [2.75, 3.05) is 13.2 Å². The van der Waals surface area contributed by atoms with E-state index >= 15 is 0 Å². The first kappa shape index (κ1) is 19.3. The molecule has 1 amide bonds. The molecule has 0 aromatic heterocycles. The summed E-state index contributed by atoms with van der Waals surface area (Å²) in [4.78, 5) is 27.2. The van der Waals surface area contributed by atoms with Gasteiger partial charge in [-0.15, -0.1) is 0 Å². The minimum absolute atomic E-state index is 0.0171. The zero-order chi connectivity index (χ0) is 20.5. The lowest BCUT2D eigenvalue weighted by molar-refractivity contribution is -0.140. The number of aliphatic hydroxyl groups excluding tert-OH is 1. The van der Waals surface area contributed by atoms with Gasteiger partial charge in [-0.3, -0.25) is 9.59 Å². The first-order valence-corrected chi connectivity index (χ1v) is 9.68. The highest BCUT2D eigenvalue weighted by atomic mass is 19.1. The van der Waals surface area contributed by atoms with E-state index in [2.05, 4.69) is 0 Å². The van der Waals surface area contributed by atoms with Crippen LogP contribution in [0.5, 0.6) is 0 Å². The fourth-order valence-corrected chi connectivity index (χ4v) is 3.93. The number of aliphatic hydroxyl groups is 1. The molecule has 2 aliphatic rings. The molecule has 2 saturated heterocycles. The van der Waals surface area contributed by atoms with Crippen molar-refractivity contribution in [1.29, 1.82) is 0 Å². The lowest BCUT2D eigenvalue weighted by Crippen LogP contribution is -2.36. The van der Waals surface area contributed by atoms with Gasteiger partial charge in [-0.05, 0) is 49.6 Å². The Bertz CT molecular complexity index is 959. The molecule has 0 bridgehead atoms. The number of rotatable bonds is 4. The van der Waals surface area contributed by atoms with Gasteiger partial charge in [0.25, 0.3) is 11.7 Å². The van der Waals surface area contributed by atoms with Crippen molar-refractivity contribution in [3.05, 3.63) is 76.6 Å². The Morgan fingerprint density at radius 3 is 2.45 bits per heavy atom. The number of amides is 1. The van der Waals surface area contributed by atoms with Crippen LogP contribution in [0, 0.1) is 12.7 Å². The summed E-state index contributed by atoms with van der Waals surface area (Å²) in [5, 5.41) is 10.9. The highest BCUT2D eigenvalue weighted by Gasteiger charge is 2.47. The molecule has 1 N–H and O–H groups in total. The molecule has 2 aromatic rings. The maximum absolute atomic E-state index is 13.3. The van der Waals surface area contributed by atoms with Crippen LogP contribution in [-0.2, 0) is 14.3 Å². The van der Waals surface area contributed by atoms with E-state index in [1.807, 2.05) is 31.2 Å². The van der Waals surface area contributed by atoms with Crippen LogP contribution in [0.15, 0.2) is 54.1 Å². The number of benzene rings is 2. The maximum Gasteiger partial charge on any atom is 0.295 e. The normalized spacial score (nSPS) is 23.7. The van der Waals surface area contributed by atoms with Gasteiger partial charge in [-0.25, -0.2) is 4.39 Å². The van der Waals surface area contributed by atoms with Crippen LogP contribution in [-0.4, -0.2) is 41.0 Å². The third-order valence-electron chi connectivity index (χ3n) is 5.48.